The molecule has 0 amide bonds. The molecule has 5 heteroatoms. The van der Waals surface area contributed by atoms with Crippen LogP contribution in [0.4, 0.5) is 5.69 Å². The van der Waals surface area contributed by atoms with Gasteiger partial charge in [-0.1, -0.05) is 12.1 Å². The van der Waals surface area contributed by atoms with Gasteiger partial charge in [0.2, 0.25) is 0 Å². The first-order valence-electron chi connectivity index (χ1n) is 6.41. The molecule has 0 aliphatic heterocycles. The Morgan fingerprint density at radius 1 is 1.10 bits per heavy atom. The Morgan fingerprint density at radius 3 is 2.55 bits per heavy atom. The molecule has 20 heavy (non-hydrogen) atoms. The van der Waals surface area contributed by atoms with Gasteiger partial charge in [0, 0.05) is 12.1 Å². The van der Waals surface area contributed by atoms with Crippen LogP contribution in [0.5, 0.6) is 5.75 Å². The number of benzene rings is 1. The molecule has 2 aromatic heterocycles. The number of nitrogens with zero attached hydrogens (tertiary/aromatic N) is 3. The number of hydrogen-bond donors (Lipinski definition) is 1. The van der Waals surface area contributed by atoms with Crippen LogP contribution in [0.25, 0.3) is 5.65 Å². The number of fused-ring (bicyclic) bond motifs is 1. The van der Waals surface area contributed by atoms with Crippen LogP contribution in [-0.2, 0) is 6.42 Å². The van der Waals surface area contributed by atoms with E-state index >= 15 is 0 Å². The number of nitrogens with two attached hydrogens (primary N) is 1. The molecule has 3 rings (SSSR count). The summed E-state index contributed by atoms with van der Waals surface area (Å²) in [6, 6.07) is 11.8. The van der Waals surface area contributed by atoms with Gasteiger partial charge in [-0.3, -0.25) is 4.40 Å². The van der Waals surface area contributed by atoms with E-state index in [1.165, 1.54) is 0 Å². The molecule has 1 aromatic carbocycles. The highest BCUT2D eigenvalue weighted by Crippen LogP contribution is 2.18. The highest BCUT2D eigenvalue weighted by atomic mass is 16.5. The van der Waals surface area contributed by atoms with Crippen molar-refractivity contribution in [2.24, 2.45) is 0 Å². The van der Waals surface area contributed by atoms with Gasteiger partial charge in [0.05, 0.1) is 12.8 Å². The molecule has 0 atom stereocenters. The highest BCUT2D eigenvalue weighted by molar-refractivity contribution is 5.64. The molecule has 0 radical (unpaired) electrons. The van der Waals surface area contributed by atoms with Crippen molar-refractivity contribution in [1.29, 1.82) is 0 Å². The van der Waals surface area contributed by atoms with Crippen molar-refractivity contribution in [3.8, 4) is 5.75 Å². The molecule has 0 saturated carbocycles. The molecule has 102 valence electrons. The van der Waals surface area contributed by atoms with Crippen LogP contribution in [-0.4, -0.2) is 21.7 Å². The fourth-order valence-corrected chi connectivity index (χ4v) is 2.27. The van der Waals surface area contributed by atoms with E-state index < -0.39 is 0 Å². The summed E-state index contributed by atoms with van der Waals surface area (Å²) in [4.78, 5) is 0. The van der Waals surface area contributed by atoms with E-state index in [9.17, 15) is 0 Å². The minimum Gasteiger partial charge on any atom is -0.497 e. The maximum atomic E-state index is 5.93. The van der Waals surface area contributed by atoms with Gasteiger partial charge in [-0.2, -0.15) is 0 Å². The van der Waals surface area contributed by atoms with E-state index in [4.69, 9.17) is 10.5 Å². The fourth-order valence-electron chi connectivity index (χ4n) is 2.27. The summed E-state index contributed by atoms with van der Waals surface area (Å²) in [5.74, 6) is 1.73. The van der Waals surface area contributed by atoms with Gasteiger partial charge in [0.1, 0.15) is 11.6 Å². The number of ether oxygens (including phenoxy) is 1. The molecule has 0 aliphatic carbocycles. The second-order valence-electron chi connectivity index (χ2n) is 4.73. The quantitative estimate of drug-likeness (QED) is 0.791. The van der Waals surface area contributed by atoms with Gasteiger partial charge in [-0.25, -0.2) is 0 Å². The minimum atomic E-state index is 0.643. The summed E-state index contributed by atoms with van der Waals surface area (Å²) in [5.41, 5.74) is 9.52. The molecule has 2 N–H and O–H groups in total. The van der Waals surface area contributed by atoms with Crippen LogP contribution in [0.1, 0.15) is 17.1 Å². The second kappa shape index (κ2) is 4.85. The molecule has 2 heterocycles. The lowest BCUT2D eigenvalue weighted by Crippen LogP contribution is -2.01. The summed E-state index contributed by atoms with van der Waals surface area (Å²) in [7, 11) is 1.66. The van der Waals surface area contributed by atoms with Crippen molar-refractivity contribution in [2.75, 3.05) is 12.8 Å². The fraction of sp³-hybridized carbons (Fsp3) is 0.200. The van der Waals surface area contributed by atoms with Gasteiger partial charge >= 0.3 is 0 Å². The molecule has 0 spiro atoms. The van der Waals surface area contributed by atoms with Crippen LogP contribution in [0, 0.1) is 6.92 Å². The highest BCUT2D eigenvalue weighted by Gasteiger charge is 2.10. The van der Waals surface area contributed by atoms with Gasteiger partial charge in [0.25, 0.3) is 0 Å². The lowest BCUT2D eigenvalue weighted by Gasteiger charge is -2.06. The van der Waals surface area contributed by atoms with E-state index in [0.29, 0.717) is 17.8 Å². The van der Waals surface area contributed by atoms with E-state index in [1.807, 2.05) is 47.7 Å². The van der Waals surface area contributed by atoms with Crippen LogP contribution >= 0.6 is 0 Å². The number of aryl methyl sites for hydroxylation is 1. The molecule has 3 aromatic rings. The lowest BCUT2D eigenvalue weighted by molar-refractivity contribution is 0.414. The third-order valence-corrected chi connectivity index (χ3v) is 3.37. The number of aromatic nitrogens is 3. The average molecular weight is 268 g/mol. The number of anilines is 1. The number of rotatable bonds is 3. The Morgan fingerprint density at radius 2 is 1.85 bits per heavy atom. The van der Waals surface area contributed by atoms with Gasteiger partial charge < -0.3 is 10.5 Å². The predicted octanol–water partition coefficient (Wildman–Crippen LogP) is 2.22. The summed E-state index contributed by atoms with van der Waals surface area (Å²) in [6.07, 6.45) is 0.704. The average Bonchev–Trinajstić information content (AvgIpc) is 2.89. The van der Waals surface area contributed by atoms with Crippen molar-refractivity contribution in [2.45, 2.75) is 13.3 Å². The molecule has 0 aliphatic rings. The topological polar surface area (TPSA) is 65.4 Å². The number of methoxy groups -OCH3 is 1. The predicted molar refractivity (Wildman–Crippen MR) is 77.9 cm³/mol. The second-order valence-corrected chi connectivity index (χ2v) is 4.73. The molecule has 0 bridgehead atoms. The summed E-state index contributed by atoms with van der Waals surface area (Å²) < 4.78 is 7.16. The summed E-state index contributed by atoms with van der Waals surface area (Å²) in [6.45, 7) is 2.02. The molecular formula is C15H16N4O. The Kier molecular flexibility index (Phi) is 3.02. The molecule has 0 saturated heterocycles. The Balaban J connectivity index is 2.00. The first kappa shape index (κ1) is 12.5. The maximum Gasteiger partial charge on any atom is 0.184 e. The minimum absolute atomic E-state index is 0.643. The maximum absolute atomic E-state index is 5.93. The monoisotopic (exact) mass is 268 g/mol. The zero-order chi connectivity index (χ0) is 14.1. The van der Waals surface area contributed by atoms with Crippen molar-refractivity contribution >= 4 is 11.3 Å². The zero-order valence-corrected chi connectivity index (χ0v) is 11.5. The van der Waals surface area contributed by atoms with Crippen molar-refractivity contribution in [1.82, 2.24) is 14.6 Å². The number of hydrogen-bond acceptors (Lipinski definition) is 4. The normalized spacial score (nSPS) is 10.9. The number of pyridine rings is 1. The molecule has 0 unspecified atom stereocenters. The lowest BCUT2D eigenvalue weighted by atomic mass is 10.1. The van der Waals surface area contributed by atoms with Crippen molar-refractivity contribution in [3.63, 3.8) is 0 Å². The number of nitrogen functional groups attached to an aromatic ring is 1. The Hall–Kier alpha value is -2.56. The first-order valence-corrected chi connectivity index (χ1v) is 6.41. The SMILES string of the molecule is COc1ccc(Cc2nnc3c(N)ccc(C)n23)cc1. The summed E-state index contributed by atoms with van der Waals surface area (Å²) >= 11 is 0. The Labute approximate surface area is 117 Å². The molecule has 5 nitrogen and oxygen atoms in total. The van der Waals surface area contributed by atoms with Crippen LogP contribution in [0.15, 0.2) is 36.4 Å². The van der Waals surface area contributed by atoms with E-state index in [1.54, 1.807) is 7.11 Å². The smallest absolute Gasteiger partial charge is 0.184 e. The van der Waals surface area contributed by atoms with Crippen LogP contribution < -0.4 is 10.5 Å². The third-order valence-electron chi connectivity index (χ3n) is 3.37. The summed E-state index contributed by atoms with van der Waals surface area (Å²) in [5, 5.41) is 8.43. The van der Waals surface area contributed by atoms with E-state index in [2.05, 4.69) is 10.2 Å². The van der Waals surface area contributed by atoms with Crippen LogP contribution in [0.3, 0.4) is 0 Å². The van der Waals surface area contributed by atoms with E-state index in [-0.39, 0.29) is 0 Å². The van der Waals surface area contributed by atoms with E-state index in [0.717, 1.165) is 22.8 Å². The Bertz CT molecular complexity index is 746. The third kappa shape index (κ3) is 2.07. The molecule has 0 fully saturated rings. The molecular weight excluding hydrogens is 252 g/mol. The zero-order valence-electron chi connectivity index (χ0n) is 11.5. The standard InChI is InChI=1S/C15H16N4O/c1-10-3-8-13(16)15-18-17-14(19(10)15)9-11-4-6-12(20-2)7-5-11/h3-8H,9,16H2,1-2H3. The largest absolute Gasteiger partial charge is 0.497 e. The van der Waals surface area contributed by atoms with Gasteiger partial charge in [-0.05, 0) is 36.8 Å². The van der Waals surface area contributed by atoms with Gasteiger partial charge in [0.15, 0.2) is 5.65 Å². The van der Waals surface area contributed by atoms with Crippen LogP contribution in [0.2, 0.25) is 0 Å². The van der Waals surface area contributed by atoms with Crippen molar-refractivity contribution in [3.05, 3.63) is 53.5 Å². The first-order chi connectivity index (χ1) is 9.69. The van der Waals surface area contributed by atoms with Crippen molar-refractivity contribution < 1.29 is 4.74 Å². The van der Waals surface area contributed by atoms with Gasteiger partial charge in [-0.15, -0.1) is 10.2 Å².